The molecule has 21 heavy (non-hydrogen) atoms. The number of rotatable bonds is 5. The normalized spacial score (nSPS) is 12.5. The van der Waals surface area contributed by atoms with E-state index in [1.807, 2.05) is 0 Å². The number of hydrogen-bond acceptors (Lipinski definition) is 5. The smallest absolute Gasteiger partial charge is 0.243 e. The van der Waals surface area contributed by atoms with Gasteiger partial charge in [0.1, 0.15) is 16.5 Å². The third-order valence-corrected chi connectivity index (χ3v) is 5.13. The Kier molecular flexibility index (Phi) is 4.12. The molecule has 2 N–H and O–H groups in total. The van der Waals surface area contributed by atoms with Gasteiger partial charge in [0.2, 0.25) is 10.0 Å². The molecule has 0 aliphatic heterocycles. The summed E-state index contributed by atoms with van der Waals surface area (Å²) in [5.74, 6) is -0.687. The molecule has 0 unspecified atom stereocenters. The summed E-state index contributed by atoms with van der Waals surface area (Å²) in [5.41, 5.74) is 0. The topological polar surface area (TPSA) is 109 Å². The van der Waals surface area contributed by atoms with E-state index in [4.69, 9.17) is 0 Å². The first-order valence-electron chi connectivity index (χ1n) is 5.68. The summed E-state index contributed by atoms with van der Waals surface area (Å²) in [6, 6.07) is 2.60. The van der Waals surface area contributed by atoms with Crippen molar-refractivity contribution in [3.05, 3.63) is 42.2 Å². The molecule has 0 fully saturated rings. The van der Waals surface area contributed by atoms with Crippen LogP contribution in [0.3, 0.4) is 0 Å². The van der Waals surface area contributed by atoms with Gasteiger partial charge in [0.25, 0.3) is 0 Å². The Balaban J connectivity index is 2.35. The van der Waals surface area contributed by atoms with Crippen molar-refractivity contribution < 1.29 is 21.2 Å². The monoisotopic (exact) mass is 333 g/mol. The molecule has 0 saturated carbocycles. The number of nitrogens with one attached hydrogen (secondary N) is 2. The van der Waals surface area contributed by atoms with Gasteiger partial charge in [-0.2, -0.15) is 0 Å². The quantitative estimate of drug-likeness (QED) is 0.771. The predicted octanol–water partition coefficient (Wildman–Crippen LogP) is 0.431. The van der Waals surface area contributed by atoms with Crippen molar-refractivity contribution in [1.29, 1.82) is 0 Å². The van der Waals surface area contributed by atoms with Crippen LogP contribution in [0.15, 0.2) is 40.4 Å². The Hall–Kier alpha value is -1.78. The fourth-order valence-corrected chi connectivity index (χ4v) is 3.37. The van der Waals surface area contributed by atoms with Crippen LogP contribution in [0.1, 0.15) is 5.82 Å². The number of H-pyrrole nitrogens is 1. The van der Waals surface area contributed by atoms with Crippen molar-refractivity contribution in [2.45, 2.75) is 16.3 Å². The maximum Gasteiger partial charge on any atom is 0.243 e. The Morgan fingerprint density at radius 1 is 1.29 bits per heavy atom. The average Bonchev–Trinajstić information content (AvgIpc) is 2.88. The van der Waals surface area contributed by atoms with E-state index in [0.717, 1.165) is 24.5 Å². The van der Waals surface area contributed by atoms with E-state index >= 15 is 0 Å². The van der Waals surface area contributed by atoms with E-state index in [-0.39, 0.29) is 11.4 Å². The first-order valence-corrected chi connectivity index (χ1v) is 9.05. The first-order chi connectivity index (χ1) is 9.70. The summed E-state index contributed by atoms with van der Waals surface area (Å²) in [7, 11) is -7.84. The summed E-state index contributed by atoms with van der Waals surface area (Å²) >= 11 is 0. The number of sulfonamides is 1. The van der Waals surface area contributed by atoms with Gasteiger partial charge in [0.05, 0.1) is 11.4 Å². The molecule has 0 spiro atoms. The molecule has 0 aliphatic carbocycles. The Bertz CT molecular complexity index is 846. The summed E-state index contributed by atoms with van der Waals surface area (Å²) in [6.07, 6.45) is 3.86. The minimum absolute atomic E-state index is 0.169. The van der Waals surface area contributed by atoms with Crippen LogP contribution in [-0.2, 0) is 26.4 Å². The second-order valence-electron chi connectivity index (χ2n) is 4.22. The first kappa shape index (κ1) is 15.6. The molecule has 7 nitrogen and oxygen atoms in total. The largest absolute Gasteiger partial charge is 0.347 e. The molecule has 1 aromatic heterocycles. The molecule has 114 valence electrons. The number of halogens is 1. The van der Waals surface area contributed by atoms with Crippen molar-refractivity contribution in [2.75, 3.05) is 6.26 Å². The molecule has 10 heteroatoms. The number of aromatic amines is 1. The molecule has 1 aromatic carbocycles. The number of nitrogens with zero attached hydrogens (tertiary/aromatic N) is 1. The Morgan fingerprint density at radius 3 is 2.57 bits per heavy atom. The van der Waals surface area contributed by atoms with Gasteiger partial charge in [-0.05, 0) is 18.2 Å². The highest BCUT2D eigenvalue weighted by Gasteiger charge is 2.22. The SMILES string of the molecule is CS(=O)(=O)c1ccc(F)c(S(=O)(=O)NCc2ncc[nH]2)c1. The van der Waals surface area contributed by atoms with Crippen molar-refractivity contribution >= 4 is 19.9 Å². The Labute approximate surface area is 121 Å². The lowest BCUT2D eigenvalue weighted by Gasteiger charge is -2.08. The van der Waals surface area contributed by atoms with E-state index in [1.165, 1.54) is 12.4 Å². The summed E-state index contributed by atoms with van der Waals surface area (Å²) in [6.45, 7) is -0.169. The number of sulfone groups is 1. The maximum absolute atomic E-state index is 13.7. The standard InChI is InChI=1S/C11H12FN3O4S2/c1-20(16,17)8-2-3-9(12)10(6-8)21(18,19)15-7-11-13-4-5-14-11/h2-6,15H,7H2,1H3,(H,13,14). The zero-order valence-corrected chi connectivity index (χ0v) is 12.5. The predicted molar refractivity (Wildman–Crippen MR) is 72.1 cm³/mol. The highest BCUT2D eigenvalue weighted by atomic mass is 32.2. The maximum atomic E-state index is 13.7. The fraction of sp³-hybridized carbons (Fsp3) is 0.182. The number of aromatic nitrogens is 2. The van der Waals surface area contributed by atoms with Crippen LogP contribution in [-0.4, -0.2) is 33.1 Å². The minimum Gasteiger partial charge on any atom is -0.347 e. The lowest BCUT2D eigenvalue weighted by Crippen LogP contribution is -2.25. The van der Waals surface area contributed by atoms with Gasteiger partial charge in [0.15, 0.2) is 9.84 Å². The number of hydrogen-bond donors (Lipinski definition) is 2. The van der Waals surface area contributed by atoms with Crippen LogP contribution in [0.25, 0.3) is 0 Å². The van der Waals surface area contributed by atoms with Crippen LogP contribution in [0, 0.1) is 5.82 Å². The molecule has 0 saturated heterocycles. The van der Waals surface area contributed by atoms with Gasteiger partial charge in [-0.3, -0.25) is 0 Å². The van der Waals surface area contributed by atoms with Crippen LogP contribution >= 0.6 is 0 Å². The van der Waals surface area contributed by atoms with Crippen LogP contribution in [0.5, 0.6) is 0 Å². The van der Waals surface area contributed by atoms with Crippen molar-refractivity contribution in [3.63, 3.8) is 0 Å². The van der Waals surface area contributed by atoms with E-state index in [0.29, 0.717) is 5.82 Å². The van der Waals surface area contributed by atoms with Gasteiger partial charge >= 0.3 is 0 Å². The van der Waals surface area contributed by atoms with Crippen LogP contribution in [0.2, 0.25) is 0 Å². The van der Waals surface area contributed by atoms with Gasteiger partial charge in [0, 0.05) is 18.6 Å². The molecule has 2 aromatic rings. The molecule has 0 radical (unpaired) electrons. The van der Waals surface area contributed by atoms with Gasteiger partial charge in [-0.1, -0.05) is 0 Å². The second-order valence-corrected chi connectivity index (χ2v) is 7.98. The van der Waals surface area contributed by atoms with E-state index < -0.39 is 30.6 Å². The van der Waals surface area contributed by atoms with Gasteiger partial charge < -0.3 is 4.98 Å². The van der Waals surface area contributed by atoms with E-state index in [1.54, 1.807) is 0 Å². The molecular weight excluding hydrogens is 321 g/mol. The lowest BCUT2D eigenvalue weighted by molar-refractivity contribution is 0.554. The van der Waals surface area contributed by atoms with Crippen LogP contribution < -0.4 is 4.72 Å². The van der Waals surface area contributed by atoms with Crippen molar-refractivity contribution in [3.8, 4) is 0 Å². The minimum atomic E-state index is -4.20. The lowest BCUT2D eigenvalue weighted by atomic mass is 10.3. The highest BCUT2D eigenvalue weighted by molar-refractivity contribution is 7.91. The van der Waals surface area contributed by atoms with E-state index in [9.17, 15) is 21.2 Å². The van der Waals surface area contributed by atoms with Crippen LogP contribution in [0.4, 0.5) is 4.39 Å². The molecule has 0 bridgehead atoms. The van der Waals surface area contributed by atoms with E-state index in [2.05, 4.69) is 14.7 Å². The zero-order chi connectivity index (χ0) is 15.7. The third kappa shape index (κ3) is 3.65. The molecule has 2 rings (SSSR count). The number of imidazole rings is 1. The number of benzene rings is 1. The third-order valence-electron chi connectivity index (χ3n) is 2.60. The Morgan fingerprint density at radius 2 is 2.00 bits per heavy atom. The second kappa shape index (κ2) is 5.54. The molecular formula is C11H12FN3O4S2. The summed E-state index contributed by atoms with van der Waals surface area (Å²) < 4.78 is 62.7. The van der Waals surface area contributed by atoms with Crippen molar-refractivity contribution in [2.24, 2.45) is 0 Å². The molecule has 1 heterocycles. The summed E-state index contributed by atoms with van der Waals surface area (Å²) in [5, 5.41) is 0. The molecule has 0 amide bonds. The fourth-order valence-electron chi connectivity index (χ4n) is 1.56. The summed E-state index contributed by atoms with van der Waals surface area (Å²) in [4.78, 5) is 5.50. The molecule has 0 aliphatic rings. The van der Waals surface area contributed by atoms with Crippen molar-refractivity contribution in [1.82, 2.24) is 14.7 Å². The average molecular weight is 333 g/mol. The van der Waals surface area contributed by atoms with Gasteiger partial charge in [-0.25, -0.2) is 30.9 Å². The molecule has 0 atom stereocenters. The zero-order valence-electron chi connectivity index (χ0n) is 10.9. The van der Waals surface area contributed by atoms with Gasteiger partial charge in [-0.15, -0.1) is 0 Å². The highest BCUT2D eigenvalue weighted by Crippen LogP contribution is 2.19.